The molecule has 10 nitrogen and oxygen atoms in total. The molecule has 1 aromatic rings. The Balaban J connectivity index is 3.16. The van der Waals surface area contributed by atoms with Crippen molar-refractivity contribution in [2.75, 3.05) is 47.2 Å². The summed E-state index contributed by atoms with van der Waals surface area (Å²) in [4.78, 5) is 25.5. The summed E-state index contributed by atoms with van der Waals surface area (Å²) in [6, 6.07) is 5.39. The summed E-state index contributed by atoms with van der Waals surface area (Å²) in [6.45, 7) is 16.4. The van der Waals surface area contributed by atoms with Crippen LogP contribution in [-0.4, -0.2) is 82.0 Å². The van der Waals surface area contributed by atoms with E-state index in [0.717, 1.165) is 31.2 Å². The van der Waals surface area contributed by atoms with Crippen LogP contribution in [0.5, 0.6) is 11.5 Å². The second-order valence-corrected chi connectivity index (χ2v) is 13.2. The maximum atomic E-state index is 12.9. The number of nitrogens with one attached hydrogen (secondary N) is 2. The molecule has 10 heteroatoms. The molecule has 1 rings (SSSR count). The van der Waals surface area contributed by atoms with Crippen molar-refractivity contribution >= 4 is 12.0 Å². The highest BCUT2D eigenvalue weighted by molar-refractivity contribution is 5.78. The number of amides is 2. The summed E-state index contributed by atoms with van der Waals surface area (Å²) in [5.41, 5.74) is 0.380. The van der Waals surface area contributed by atoms with Gasteiger partial charge >= 0.3 is 6.09 Å². The maximum absolute atomic E-state index is 12.9. The number of ether oxygens (including phenoxy) is 5. The van der Waals surface area contributed by atoms with Gasteiger partial charge in [-0.15, -0.1) is 0 Å². The number of rotatable bonds is 23. The van der Waals surface area contributed by atoms with Crippen LogP contribution in [0.15, 0.2) is 18.2 Å². The van der Waals surface area contributed by atoms with Crippen LogP contribution in [0.25, 0.3) is 0 Å². The van der Waals surface area contributed by atoms with E-state index in [4.69, 9.17) is 23.7 Å². The minimum absolute atomic E-state index is 0.0958. The molecule has 0 saturated carbocycles. The topological polar surface area (TPSA) is 125 Å². The predicted octanol–water partition coefficient (Wildman–Crippen LogP) is 5.92. The molecule has 0 aromatic heterocycles. The minimum Gasteiger partial charge on any atom is -0.490 e. The van der Waals surface area contributed by atoms with Gasteiger partial charge in [0.05, 0.1) is 25.4 Å². The Bertz CT molecular complexity index is 965. The third kappa shape index (κ3) is 17.6. The molecule has 45 heavy (non-hydrogen) atoms. The highest BCUT2D eigenvalue weighted by Gasteiger charge is 2.31. The molecule has 0 bridgehead atoms. The Kier molecular flexibility index (Phi) is 19.8. The Hall–Kier alpha value is -2.56. The molecule has 0 aliphatic carbocycles. The van der Waals surface area contributed by atoms with Crippen molar-refractivity contribution in [2.24, 2.45) is 17.8 Å². The summed E-state index contributed by atoms with van der Waals surface area (Å²) in [7, 11) is 3.34. The highest BCUT2D eigenvalue weighted by Crippen LogP contribution is 2.32. The number of hydrogen-bond acceptors (Lipinski definition) is 8. The molecule has 260 valence electrons. The molecule has 0 unspecified atom stereocenters. The van der Waals surface area contributed by atoms with Crippen LogP contribution in [0.3, 0.4) is 0 Å². The summed E-state index contributed by atoms with van der Waals surface area (Å²) < 4.78 is 28.0. The van der Waals surface area contributed by atoms with Crippen LogP contribution in [0.1, 0.15) is 92.6 Å². The molecule has 3 N–H and O–H groups in total. The van der Waals surface area contributed by atoms with Crippen molar-refractivity contribution in [3.63, 3.8) is 0 Å². The highest BCUT2D eigenvalue weighted by atomic mass is 16.6. The van der Waals surface area contributed by atoms with E-state index in [0.29, 0.717) is 57.3 Å². The van der Waals surface area contributed by atoms with Crippen LogP contribution >= 0.6 is 0 Å². The standard InChI is InChI=1S/C35H62N2O8/c1-10-11-16-36-33(39)26(4)21-30(38)29(37-34(40)45-35(5,6)7)24-28(25(2)3)22-27-14-15-31(43-19-12-17-41-8)32(23-27)44-20-13-18-42-9/h14-15,23,25-26,28-30,38H,10-13,16-22,24H2,1-9H3,(H,36,39)(H,37,40)/t26-,28+,29+,30+/m1/s1. The van der Waals surface area contributed by atoms with E-state index in [1.807, 2.05) is 25.1 Å². The summed E-state index contributed by atoms with van der Waals surface area (Å²) in [5, 5.41) is 17.2. The van der Waals surface area contributed by atoms with Gasteiger partial charge in [-0.2, -0.15) is 0 Å². The number of aliphatic hydroxyl groups excluding tert-OH is 1. The van der Waals surface area contributed by atoms with E-state index >= 15 is 0 Å². The molecule has 0 aliphatic rings. The first-order valence-corrected chi connectivity index (χ1v) is 16.6. The molecule has 0 aliphatic heterocycles. The van der Waals surface area contributed by atoms with E-state index in [1.165, 1.54) is 0 Å². The molecule has 0 heterocycles. The van der Waals surface area contributed by atoms with Gasteiger partial charge in [0.25, 0.3) is 0 Å². The second-order valence-electron chi connectivity index (χ2n) is 13.2. The zero-order valence-electron chi connectivity index (χ0n) is 29.4. The van der Waals surface area contributed by atoms with Gasteiger partial charge in [0, 0.05) is 52.7 Å². The lowest BCUT2D eigenvalue weighted by atomic mass is 9.82. The van der Waals surface area contributed by atoms with Crippen molar-refractivity contribution in [2.45, 2.75) is 111 Å². The van der Waals surface area contributed by atoms with Crippen LogP contribution in [0.4, 0.5) is 4.79 Å². The molecular formula is C35H62N2O8. The van der Waals surface area contributed by atoms with Crippen molar-refractivity contribution < 1.29 is 38.4 Å². The van der Waals surface area contributed by atoms with Crippen molar-refractivity contribution in [1.29, 1.82) is 0 Å². The quantitative estimate of drug-likeness (QED) is 0.126. The van der Waals surface area contributed by atoms with Crippen molar-refractivity contribution in [1.82, 2.24) is 10.6 Å². The van der Waals surface area contributed by atoms with Crippen LogP contribution in [0.2, 0.25) is 0 Å². The fraction of sp³-hybridized carbons (Fsp3) is 0.771. The number of hydrogen-bond donors (Lipinski definition) is 3. The first kappa shape index (κ1) is 40.5. The number of carbonyl (C=O) groups is 2. The largest absolute Gasteiger partial charge is 0.490 e. The van der Waals surface area contributed by atoms with Gasteiger partial charge in [0.15, 0.2) is 11.5 Å². The predicted molar refractivity (Wildman–Crippen MR) is 178 cm³/mol. The average Bonchev–Trinajstić information content (AvgIpc) is 2.96. The van der Waals surface area contributed by atoms with Crippen LogP contribution in [-0.2, 0) is 25.4 Å². The molecule has 0 saturated heterocycles. The van der Waals surface area contributed by atoms with Gasteiger partial charge in [-0.3, -0.25) is 4.79 Å². The van der Waals surface area contributed by atoms with Gasteiger partial charge < -0.3 is 39.4 Å². The Morgan fingerprint density at radius 2 is 1.51 bits per heavy atom. The number of methoxy groups -OCH3 is 2. The van der Waals surface area contributed by atoms with Crippen LogP contribution in [0, 0.1) is 17.8 Å². The molecule has 4 atom stereocenters. The summed E-state index contributed by atoms with van der Waals surface area (Å²) in [5.74, 6) is 1.19. The Morgan fingerprint density at radius 3 is 2.07 bits per heavy atom. The molecule has 0 spiro atoms. The lowest BCUT2D eigenvalue weighted by molar-refractivity contribution is -0.125. The monoisotopic (exact) mass is 638 g/mol. The number of benzene rings is 1. The summed E-state index contributed by atoms with van der Waals surface area (Å²) in [6.07, 6.45) is 3.31. The number of carbonyl (C=O) groups excluding carboxylic acids is 2. The molecule has 0 fully saturated rings. The maximum Gasteiger partial charge on any atom is 0.407 e. The number of unbranched alkanes of at least 4 members (excludes halogenated alkanes) is 1. The first-order chi connectivity index (χ1) is 21.3. The van der Waals surface area contributed by atoms with E-state index in [1.54, 1.807) is 35.0 Å². The van der Waals surface area contributed by atoms with E-state index in [9.17, 15) is 14.7 Å². The third-order valence-electron chi connectivity index (χ3n) is 7.55. The summed E-state index contributed by atoms with van der Waals surface area (Å²) >= 11 is 0. The smallest absolute Gasteiger partial charge is 0.407 e. The zero-order chi connectivity index (χ0) is 33.8. The van der Waals surface area contributed by atoms with E-state index < -0.39 is 29.8 Å². The fourth-order valence-electron chi connectivity index (χ4n) is 4.87. The molecular weight excluding hydrogens is 576 g/mol. The fourth-order valence-corrected chi connectivity index (χ4v) is 4.87. The molecule has 2 amide bonds. The third-order valence-corrected chi connectivity index (χ3v) is 7.55. The molecule has 1 aromatic carbocycles. The van der Waals surface area contributed by atoms with E-state index in [-0.39, 0.29) is 24.2 Å². The Morgan fingerprint density at radius 1 is 0.889 bits per heavy atom. The molecule has 0 radical (unpaired) electrons. The minimum atomic E-state index is -0.937. The zero-order valence-corrected chi connectivity index (χ0v) is 29.4. The van der Waals surface area contributed by atoms with Crippen molar-refractivity contribution in [3.8, 4) is 11.5 Å². The first-order valence-electron chi connectivity index (χ1n) is 16.6. The SMILES string of the molecule is CCCCNC(=O)[C@H](C)C[C@H](O)[C@H](C[C@H](Cc1ccc(OCCCOC)c(OCCCOC)c1)C(C)C)NC(=O)OC(C)(C)C. The number of alkyl carbamates (subject to hydrolysis) is 1. The van der Waals surface area contributed by atoms with Gasteiger partial charge in [0.2, 0.25) is 5.91 Å². The van der Waals surface area contributed by atoms with Gasteiger partial charge in [0.1, 0.15) is 5.60 Å². The normalized spacial score (nSPS) is 14.4. The van der Waals surface area contributed by atoms with Crippen molar-refractivity contribution in [3.05, 3.63) is 23.8 Å². The average molecular weight is 639 g/mol. The lowest BCUT2D eigenvalue weighted by Gasteiger charge is -2.32. The van der Waals surface area contributed by atoms with Gasteiger partial charge in [-0.05, 0) is 76.0 Å². The van der Waals surface area contributed by atoms with Crippen LogP contribution < -0.4 is 20.1 Å². The lowest BCUT2D eigenvalue weighted by Crippen LogP contribution is -2.48. The Labute approximate surface area is 272 Å². The van der Waals surface area contributed by atoms with Gasteiger partial charge in [-0.1, -0.05) is 40.2 Å². The van der Waals surface area contributed by atoms with Gasteiger partial charge in [-0.25, -0.2) is 4.79 Å². The number of aliphatic hydroxyl groups is 1. The second kappa shape index (κ2) is 22.0. The van der Waals surface area contributed by atoms with E-state index in [2.05, 4.69) is 31.4 Å².